The van der Waals surface area contributed by atoms with Gasteiger partial charge in [-0.1, -0.05) is 20.8 Å². The van der Waals surface area contributed by atoms with E-state index in [4.69, 9.17) is 9.47 Å². The Kier molecular flexibility index (Phi) is 4.49. The normalized spacial score (nSPS) is 35.5. The molecule has 5 atom stereocenters. The summed E-state index contributed by atoms with van der Waals surface area (Å²) in [5.41, 5.74) is 0.945. The van der Waals surface area contributed by atoms with Crippen LogP contribution >= 0.6 is 0 Å². The van der Waals surface area contributed by atoms with Gasteiger partial charge >= 0.3 is 5.56 Å². The first kappa shape index (κ1) is 17.8. The number of rotatable bonds is 4. The summed E-state index contributed by atoms with van der Waals surface area (Å²) in [6.45, 7) is 7.80. The molecule has 4 fully saturated rings. The van der Waals surface area contributed by atoms with E-state index in [0.717, 1.165) is 37.5 Å². The minimum Gasteiger partial charge on any atom is -0.490 e. The first-order chi connectivity index (χ1) is 12.4. The smallest absolute Gasteiger partial charge is 0.313 e. The summed E-state index contributed by atoms with van der Waals surface area (Å²) in [5.74, 6) is 2.42. The Morgan fingerprint density at radius 2 is 2.15 bits per heavy atom. The lowest BCUT2D eigenvalue weighted by Crippen LogP contribution is -2.58. The van der Waals surface area contributed by atoms with E-state index in [1.54, 1.807) is 13.3 Å². The number of hydrogen-bond acceptors (Lipinski definition) is 5. The molecule has 3 aliphatic carbocycles. The molecular formula is C20H31N3O3. The van der Waals surface area contributed by atoms with Gasteiger partial charge in [0.25, 0.3) is 0 Å². The fourth-order valence-electron chi connectivity index (χ4n) is 5.41. The molecule has 2 bridgehead atoms. The van der Waals surface area contributed by atoms with Crippen LogP contribution in [0.15, 0.2) is 11.0 Å². The van der Waals surface area contributed by atoms with E-state index in [2.05, 4.69) is 31.2 Å². The van der Waals surface area contributed by atoms with Crippen LogP contribution in [0.5, 0.6) is 5.75 Å². The van der Waals surface area contributed by atoms with Gasteiger partial charge < -0.3 is 14.8 Å². The third-order valence-corrected chi connectivity index (χ3v) is 7.29. The number of hydrogen-bond donors (Lipinski definition) is 1. The van der Waals surface area contributed by atoms with E-state index in [0.29, 0.717) is 35.4 Å². The Bertz CT molecular complexity index is 724. The first-order valence-electron chi connectivity index (χ1n) is 9.97. The van der Waals surface area contributed by atoms with Crippen LogP contribution in [0.3, 0.4) is 0 Å². The molecule has 1 N–H and O–H groups in total. The zero-order valence-corrected chi connectivity index (χ0v) is 16.3. The highest BCUT2D eigenvalue weighted by atomic mass is 16.5. The maximum Gasteiger partial charge on any atom is 0.313 e. The molecule has 1 aliphatic heterocycles. The first-order valence-corrected chi connectivity index (χ1v) is 9.97. The number of fused-ring (bicyclic) bond motifs is 2. The summed E-state index contributed by atoms with van der Waals surface area (Å²) < 4.78 is 12.6. The van der Waals surface area contributed by atoms with E-state index in [1.165, 1.54) is 11.1 Å². The summed E-state index contributed by atoms with van der Waals surface area (Å²) in [6.07, 6.45) is 6.85. The summed E-state index contributed by atoms with van der Waals surface area (Å²) in [5, 5.41) is 7.97. The lowest BCUT2D eigenvalue weighted by molar-refractivity contribution is -0.105. The third kappa shape index (κ3) is 2.73. The minimum absolute atomic E-state index is 0.210. The molecule has 0 radical (unpaired) electrons. The van der Waals surface area contributed by atoms with Crippen molar-refractivity contribution < 1.29 is 9.47 Å². The average Bonchev–Trinajstić information content (AvgIpc) is 2.64. The van der Waals surface area contributed by atoms with Crippen molar-refractivity contribution in [1.82, 2.24) is 9.78 Å². The molecular weight excluding hydrogens is 330 g/mol. The van der Waals surface area contributed by atoms with Gasteiger partial charge in [0.05, 0.1) is 13.3 Å². The van der Waals surface area contributed by atoms with Gasteiger partial charge in [0, 0.05) is 12.6 Å². The SMILES string of the molecule is COc1c(N[C@@H]2C[C@@H]3C[C@H]([C@H]2C)C3(C)C)cnn(C2CCCCO2)c1=O. The molecule has 5 rings (SSSR count). The third-order valence-electron chi connectivity index (χ3n) is 7.29. The van der Waals surface area contributed by atoms with Gasteiger partial charge in [-0.25, -0.2) is 0 Å². The molecule has 0 aromatic carbocycles. The Morgan fingerprint density at radius 3 is 2.77 bits per heavy atom. The number of anilines is 1. The van der Waals surface area contributed by atoms with Crippen molar-refractivity contribution in [3.63, 3.8) is 0 Å². The Hall–Kier alpha value is -1.56. The van der Waals surface area contributed by atoms with Crippen molar-refractivity contribution in [2.45, 2.75) is 65.1 Å². The van der Waals surface area contributed by atoms with Gasteiger partial charge in [0.2, 0.25) is 5.75 Å². The molecule has 3 saturated carbocycles. The highest BCUT2D eigenvalue weighted by Crippen LogP contribution is 2.61. The standard InChI is InChI=1S/C20H31N3O3/c1-12-14-9-13(20(14,2)3)10-15(12)22-16-11-21-23(19(24)18(16)25-4)17-7-5-6-8-26-17/h11-15,17,22H,5-10H2,1-4H3/t12-,13+,14-,15-,17?/m1/s1. The topological polar surface area (TPSA) is 65.4 Å². The number of ether oxygens (including phenoxy) is 2. The van der Waals surface area contributed by atoms with Gasteiger partial charge in [-0.05, 0) is 55.3 Å². The number of aromatic nitrogens is 2. The molecule has 2 heterocycles. The van der Waals surface area contributed by atoms with Crippen LogP contribution in [0.2, 0.25) is 0 Å². The summed E-state index contributed by atoms with van der Waals surface area (Å²) in [4.78, 5) is 12.9. The van der Waals surface area contributed by atoms with Crippen LogP contribution < -0.4 is 15.6 Å². The molecule has 6 heteroatoms. The lowest BCUT2D eigenvalue weighted by Gasteiger charge is -2.62. The Labute approximate surface area is 155 Å². The zero-order valence-electron chi connectivity index (χ0n) is 16.3. The van der Waals surface area contributed by atoms with Gasteiger partial charge in [-0.3, -0.25) is 4.79 Å². The van der Waals surface area contributed by atoms with Crippen LogP contribution in [0.25, 0.3) is 0 Å². The fraction of sp³-hybridized carbons (Fsp3) is 0.800. The second kappa shape index (κ2) is 6.55. The summed E-state index contributed by atoms with van der Waals surface area (Å²) >= 11 is 0. The molecule has 1 aromatic rings. The van der Waals surface area contributed by atoms with Crippen molar-refractivity contribution in [2.75, 3.05) is 19.0 Å². The molecule has 0 amide bonds. The molecule has 26 heavy (non-hydrogen) atoms. The molecule has 0 spiro atoms. The van der Waals surface area contributed by atoms with Gasteiger partial charge in [-0.15, -0.1) is 0 Å². The summed E-state index contributed by atoms with van der Waals surface area (Å²) in [7, 11) is 1.55. The quantitative estimate of drug-likeness (QED) is 0.890. The Balaban J connectivity index is 1.56. The predicted octanol–water partition coefficient (Wildman–Crippen LogP) is 3.43. The molecule has 1 aromatic heterocycles. The van der Waals surface area contributed by atoms with Gasteiger partial charge in [0.1, 0.15) is 5.69 Å². The van der Waals surface area contributed by atoms with E-state index >= 15 is 0 Å². The van der Waals surface area contributed by atoms with E-state index < -0.39 is 0 Å². The van der Waals surface area contributed by atoms with Crippen LogP contribution in [0.4, 0.5) is 5.69 Å². The maximum absolute atomic E-state index is 12.9. The van der Waals surface area contributed by atoms with E-state index in [-0.39, 0.29) is 11.8 Å². The van der Waals surface area contributed by atoms with Crippen molar-refractivity contribution in [3.8, 4) is 5.75 Å². The molecule has 6 nitrogen and oxygen atoms in total. The monoisotopic (exact) mass is 361 g/mol. The Morgan fingerprint density at radius 1 is 1.35 bits per heavy atom. The average molecular weight is 361 g/mol. The minimum atomic E-state index is -0.277. The highest BCUT2D eigenvalue weighted by molar-refractivity contribution is 5.54. The molecule has 4 aliphatic rings. The van der Waals surface area contributed by atoms with Crippen LogP contribution in [-0.2, 0) is 4.74 Å². The molecule has 144 valence electrons. The zero-order chi connectivity index (χ0) is 18.5. The number of methoxy groups -OCH3 is 1. The van der Waals surface area contributed by atoms with Crippen LogP contribution in [0, 0.1) is 23.2 Å². The van der Waals surface area contributed by atoms with Crippen molar-refractivity contribution >= 4 is 5.69 Å². The van der Waals surface area contributed by atoms with Crippen LogP contribution in [0.1, 0.15) is 59.1 Å². The summed E-state index contributed by atoms with van der Waals surface area (Å²) in [6, 6.07) is 0.364. The van der Waals surface area contributed by atoms with E-state index in [9.17, 15) is 4.79 Å². The van der Waals surface area contributed by atoms with Crippen molar-refractivity contribution in [2.24, 2.45) is 23.2 Å². The lowest BCUT2D eigenvalue weighted by atomic mass is 9.45. The number of nitrogens with one attached hydrogen (secondary N) is 1. The van der Waals surface area contributed by atoms with Gasteiger partial charge in [0.15, 0.2) is 6.23 Å². The van der Waals surface area contributed by atoms with Crippen molar-refractivity contribution in [3.05, 3.63) is 16.6 Å². The van der Waals surface area contributed by atoms with E-state index in [1.807, 2.05) is 0 Å². The number of nitrogens with zero attached hydrogens (tertiary/aromatic N) is 2. The maximum atomic E-state index is 12.9. The highest BCUT2D eigenvalue weighted by Gasteiger charge is 2.56. The van der Waals surface area contributed by atoms with Crippen LogP contribution in [-0.4, -0.2) is 29.5 Å². The van der Waals surface area contributed by atoms with Crippen molar-refractivity contribution in [1.29, 1.82) is 0 Å². The fourth-order valence-corrected chi connectivity index (χ4v) is 5.41. The predicted molar refractivity (Wildman–Crippen MR) is 100 cm³/mol. The largest absolute Gasteiger partial charge is 0.490 e. The van der Waals surface area contributed by atoms with Gasteiger partial charge in [-0.2, -0.15) is 9.78 Å². The second-order valence-corrected chi connectivity index (χ2v) is 8.87. The second-order valence-electron chi connectivity index (χ2n) is 8.87. The molecule has 1 saturated heterocycles. The molecule has 1 unspecified atom stereocenters.